The molecule has 3 aromatic carbocycles. The third-order valence-electron chi connectivity index (χ3n) is 5.49. The molecule has 1 aliphatic heterocycles. The number of fused-ring (bicyclic) bond motifs is 1. The maximum atomic E-state index is 5.29. The SMILES string of the molecule is CC[C@@H](c1ccccc1)[C@@H]1Nc2ccccc2[C@H]1Nc1ccc(OC)cc1. The predicted octanol–water partition coefficient (Wildman–Crippen LogP) is 5.84. The minimum atomic E-state index is 0.208. The number of hydrogen-bond donors (Lipinski definition) is 2. The van der Waals surface area contributed by atoms with Crippen LogP contribution >= 0.6 is 0 Å². The molecule has 138 valence electrons. The quantitative estimate of drug-likeness (QED) is 0.581. The van der Waals surface area contributed by atoms with Gasteiger partial charge in [-0.15, -0.1) is 0 Å². The van der Waals surface area contributed by atoms with Crippen LogP contribution in [0.25, 0.3) is 0 Å². The summed E-state index contributed by atoms with van der Waals surface area (Å²) < 4.78 is 5.29. The van der Waals surface area contributed by atoms with E-state index in [9.17, 15) is 0 Å². The summed E-state index contributed by atoms with van der Waals surface area (Å²) in [6, 6.07) is 28.1. The largest absolute Gasteiger partial charge is 0.497 e. The lowest BCUT2D eigenvalue weighted by atomic mass is 9.85. The van der Waals surface area contributed by atoms with Gasteiger partial charge in [-0.05, 0) is 47.9 Å². The van der Waals surface area contributed by atoms with E-state index in [4.69, 9.17) is 4.74 Å². The number of nitrogens with one attached hydrogen (secondary N) is 2. The number of para-hydroxylation sites is 1. The molecule has 3 nitrogen and oxygen atoms in total. The summed E-state index contributed by atoms with van der Waals surface area (Å²) in [6.45, 7) is 2.27. The van der Waals surface area contributed by atoms with Crippen molar-refractivity contribution in [1.82, 2.24) is 0 Å². The molecule has 0 radical (unpaired) electrons. The van der Waals surface area contributed by atoms with E-state index in [0.717, 1.165) is 17.9 Å². The second kappa shape index (κ2) is 7.75. The Morgan fingerprint density at radius 3 is 2.33 bits per heavy atom. The molecule has 1 heterocycles. The average molecular weight is 358 g/mol. The molecule has 0 aromatic heterocycles. The Morgan fingerprint density at radius 2 is 1.63 bits per heavy atom. The van der Waals surface area contributed by atoms with E-state index in [1.807, 2.05) is 12.1 Å². The molecular formula is C24H26N2O. The smallest absolute Gasteiger partial charge is 0.119 e. The predicted molar refractivity (Wildman–Crippen MR) is 113 cm³/mol. The molecule has 4 rings (SSSR count). The van der Waals surface area contributed by atoms with E-state index in [2.05, 4.69) is 84.3 Å². The first-order chi connectivity index (χ1) is 13.3. The Balaban J connectivity index is 1.67. The fraction of sp³-hybridized carbons (Fsp3) is 0.250. The van der Waals surface area contributed by atoms with Gasteiger partial charge in [0.25, 0.3) is 0 Å². The molecule has 3 atom stereocenters. The molecule has 0 unspecified atom stereocenters. The number of anilines is 2. The van der Waals surface area contributed by atoms with Crippen molar-refractivity contribution < 1.29 is 4.74 Å². The maximum absolute atomic E-state index is 5.29. The van der Waals surface area contributed by atoms with Crippen molar-refractivity contribution >= 4 is 11.4 Å². The van der Waals surface area contributed by atoms with Crippen molar-refractivity contribution in [3.63, 3.8) is 0 Å². The van der Waals surface area contributed by atoms with Gasteiger partial charge in [-0.3, -0.25) is 0 Å². The summed E-state index contributed by atoms with van der Waals surface area (Å²) in [4.78, 5) is 0. The van der Waals surface area contributed by atoms with Crippen molar-refractivity contribution in [3.05, 3.63) is 90.0 Å². The van der Waals surface area contributed by atoms with E-state index in [1.165, 1.54) is 16.8 Å². The van der Waals surface area contributed by atoms with Crippen LogP contribution in [0.4, 0.5) is 11.4 Å². The van der Waals surface area contributed by atoms with Gasteiger partial charge in [-0.2, -0.15) is 0 Å². The topological polar surface area (TPSA) is 33.3 Å². The van der Waals surface area contributed by atoms with Gasteiger partial charge in [0.2, 0.25) is 0 Å². The first-order valence-electron chi connectivity index (χ1n) is 9.61. The van der Waals surface area contributed by atoms with Gasteiger partial charge in [0.05, 0.1) is 19.2 Å². The van der Waals surface area contributed by atoms with Crippen LogP contribution in [-0.2, 0) is 0 Å². The molecule has 0 fully saturated rings. The maximum Gasteiger partial charge on any atom is 0.119 e. The van der Waals surface area contributed by atoms with Crippen molar-refractivity contribution in [2.24, 2.45) is 0 Å². The molecule has 0 amide bonds. The van der Waals surface area contributed by atoms with Gasteiger partial charge in [0.15, 0.2) is 0 Å². The van der Waals surface area contributed by atoms with Gasteiger partial charge in [-0.1, -0.05) is 55.5 Å². The molecule has 1 aliphatic rings. The lowest BCUT2D eigenvalue weighted by molar-refractivity contribution is 0.415. The average Bonchev–Trinajstić information content (AvgIpc) is 3.08. The summed E-state index contributed by atoms with van der Waals surface area (Å²) in [5.41, 5.74) is 5.04. The highest BCUT2D eigenvalue weighted by Gasteiger charge is 2.37. The highest BCUT2D eigenvalue weighted by atomic mass is 16.5. The van der Waals surface area contributed by atoms with E-state index < -0.39 is 0 Å². The first-order valence-corrected chi connectivity index (χ1v) is 9.61. The fourth-order valence-corrected chi connectivity index (χ4v) is 4.12. The van der Waals surface area contributed by atoms with Crippen LogP contribution in [0, 0.1) is 0 Å². The van der Waals surface area contributed by atoms with E-state index >= 15 is 0 Å². The van der Waals surface area contributed by atoms with Crippen molar-refractivity contribution in [3.8, 4) is 5.75 Å². The van der Waals surface area contributed by atoms with Crippen LogP contribution in [0.15, 0.2) is 78.9 Å². The molecule has 3 aromatic rings. The molecule has 2 N–H and O–H groups in total. The second-order valence-corrected chi connectivity index (χ2v) is 7.03. The Hall–Kier alpha value is -2.94. The number of benzene rings is 3. The summed E-state index contributed by atoms with van der Waals surface area (Å²) in [7, 11) is 1.70. The Morgan fingerprint density at radius 1 is 0.926 bits per heavy atom. The van der Waals surface area contributed by atoms with Gasteiger partial charge in [-0.25, -0.2) is 0 Å². The Labute approximate surface area is 161 Å². The van der Waals surface area contributed by atoms with Gasteiger partial charge in [0.1, 0.15) is 5.75 Å². The van der Waals surface area contributed by atoms with Crippen molar-refractivity contribution in [2.75, 3.05) is 17.7 Å². The van der Waals surface area contributed by atoms with E-state index in [-0.39, 0.29) is 12.1 Å². The molecule has 3 heteroatoms. The third kappa shape index (κ3) is 3.50. The Bertz CT molecular complexity index is 876. The van der Waals surface area contributed by atoms with Crippen LogP contribution in [0.2, 0.25) is 0 Å². The standard InChI is InChI=1S/C24H26N2O/c1-3-20(17-9-5-4-6-10-17)23-24(21-11-7-8-12-22(21)26-23)25-18-13-15-19(27-2)16-14-18/h4-16,20,23-26H,3H2,1-2H3/t20-,23-,24+/m0/s1. The minimum Gasteiger partial charge on any atom is -0.497 e. The normalized spacial score (nSPS) is 19.0. The molecule has 0 aliphatic carbocycles. The van der Waals surface area contributed by atoms with Crippen LogP contribution in [-0.4, -0.2) is 13.2 Å². The minimum absolute atomic E-state index is 0.208. The molecule has 27 heavy (non-hydrogen) atoms. The Kier molecular flexibility index (Phi) is 5.01. The van der Waals surface area contributed by atoms with Gasteiger partial charge >= 0.3 is 0 Å². The molecular weight excluding hydrogens is 332 g/mol. The molecule has 0 spiro atoms. The molecule has 0 saturated carbocycles. The summed E-state index contributed by atoms with van der Waals surface area (Å²) in [6.07, 6.45) is 1.08. The molecule has 0 saturated heterocycles. The van der Waals surface area contributed by atoms with Crippen LogP contribution < -0.4 is 15.4 Å². The van der Waals surface area contributed by atoms with E-state index in [1.54, 1.807) is 7.11 Å². The number of rotatable bonds is 6. The summed E-state index contributed by atoms with van der Waals surface area (Å²) in [5, 5.41) is 7.55. The summed E-state index contributed by atoms with van der Waals surface area (Å²) in [5.74, 6) is 1.30. The zero-order chi connectivity index (χ0) is 18.6. The van der Waals surface area contributed by atoms with Gasteiger partial charge in [0, 0.05) is 17.3 Å². The number of ether oxygens (including phenoxy) is 1. The zero-order valence-corrected chi connectivity index (χ0v) is 15.9. The van der Waals surface area contributed by atoms with E-state index in [0.29, 0.717) is 5.92 Å². The van der Waals surface area contributed by atoms with Crippen LogP contribution in [0.5, 0.6) is 5.75 Å². The van der Waals surface area contributed by atoms with Gasteiger partial charge < -0.3 is 15.4 Å². The first kappa shape index (κ1) is 17.5. The summed E-state index contributed by atoms with van der Waals surface area (Å²) >= 11 is 0. The number of methoxy groups -OCH3 is 1. The van der Waals surface area contributed by atoms with Crippen LogP contribution in [0.3, 0.4) is 0 Å². The zero-order valence-electron chi connectivity index (χ0n) is 15.9. The monoisotopic (exact) mass is 358 g/mol. The number of hydrogen-bond acceptors (Lipinski definition) is 3. The van der Waals surface area contributed by atoms with Crippen molar-refractivity contribution in [2.45, 2.75) is 31.3 Å². The van der Waals surface area contributed by atoms with Crippen LogP contribution in [0.1, 0.15) is 36.4 Å². The lowest BCUT2D eigenvalue weighted by Gasteiger charge is -2.30. The lowest BCUT2D eigenvalue weighted by Crippen LogP contribution is -2.32. The second-order valence-electron chi connectivity index (χ2n) is 7.03. The fourth-order valence-electron chi connectivity index (χ4n) is 4.12. The third-order valence-corrected chi connectivity index (χ3v) is 5.49. The van der Waals surface area contributed by atoms with Crippen molar-refractivity contribution in [1.29, 1.82) is 0 Å². The molecule has 0 bridgehead atoms. The highest BCUT2D eigenvalue weighted by Crippen LogP contribution is 2.43. The highest BCUT2D eigenvalue weighted by molar-refractivity contribution is 5.63.